The molecule has 0 aliphatic rings. The average Bonchev–Trinajstić information content (AvgIpc) is 2.14. The molecule has 0 aromatic carbocycles. The molecule has 2 atom stereocenters. The Kier molecular flexibility index (Phi) is 7.22. The normalized spacial score (nSPS) is 14.8. The lowest BCUT2D eigenvalue weighted by atomic mass is 10.1. The topological polar surface area (TPSA) is 95.4 Å². The van der Waals surface area contributed by atoms with E-state index in [9.17, 15) is 9.59 Å². The van der Waals surface area contributed by atoms with Gasteiger partial charge in [0.25, 0.3) is 0 Å². The zero-order valence-electron chi connectivity index (χ0n) is 10.8. The molecular weight excluding hydrogens is 240 g/mol. The molecule has 4 N–H and O–H groups in total. The standard InChI is InChI=1S/C11H22N2O3S/c1-6(2)16-11(15)8(12)5-9(10(13)14)17-7(3)4/h6-9H,5,12H2,1-4H3,(H2,13,14). The van der Waals surface area contributed by atoms with Crippen molar-refractivity contribution in [1.82, 2.24) is 0 Å². The van der Waals surface area contributed by atoms with Gasteiger partial charge in [0, 0.05) is 0 Å². The van der Waals surface area contributed by atoms with Crippen molar-refractivity contribution in [2.45, 2.75) is 56.8 Å². The summed E-state index contributed by atoms with van der Waals surface area (Å²) in [6.07, 6.45) is 0.00216. The van der Waals surface area contributed by atoms with Crippen LogP contribution in [0.3, 0.4) is 0 Å². The smallest absolute Gasteiger partial charge is 0.323 e. The van der Waals surface area contributed by atoms with Gasteiger partial charge in [-0.05, 0) is 25.5 Å². The van der Waals surface area contributed by atoms with E-state index in [-0.39, 0.29) is 17.8 Å². The van der Waals surface area contributed by atoms with Crippen molar-refractivity contribution >= 4 is 23.6 Å². The molecule has 0 spiro atoms. The molecule has 17 heavy (non-hydrogen) atoms. The second-order valence-corrected chi connectivity index (χ2v) is 6.19. The van der Waals surface area contributed by atoms with Crippen LogP contribution >= 0.6 is 11.8 Å². The Balaban J connectivity index is 4.34. The number of esters is 1. The highest BCUT2D eigenvalue weighted by Gasteiger charge is 2.25. The summed E-state index contributed by atoms with van der Waals surface area (Å²) in [4.78, 5) is 22.7. The van der Waals surface area contributed by atoms with Crippen LogP contribution in [0.1, 0.15) is 34.1 Å². The number of primary amides is 1. The Bertz CT molecular complexity index is 269. The number of thioether (sulfide) groups is 1. The second-order valence-electron chi connectivity index (χ2n) is 4.40. The van der Waals surface area contributed by atoms with Crippen LogP contribution in [-0.4, -0.2) is 34.5 Å². The Morgan fingerprint density at radius 1 is 1.24 bits per heavy atom. The molecule has 0 aliphatic heterocycles. The van der Waals surface area contributed by atoms with Crippen LogP contribution in [0.2, 0.25) is 0 Å². The van der Waals surface area contributed by atoms with Crippen LogP contribution in [0.5, 0.6) is 0 Å². The first-order chi connectivity index (χ1) is 7.73. The van der Waals surface area contributed by atoms with E-state index in [4.69, 9.17) is 16.2 Å². The summed E-state index contributed by atoms with van der Waals surface area (Å²) in [7, 11) is 0. The monoisotopic (exact) mass is 262 g/mol. The third-order valence-electron chi connectivity index (χ3n) is 1.88. The fraction of sp³-hybridized carbons (Fsp3) is 0.818. The van der Waals surface area contributed by atoms with Crippen molar-refractivity contribution < 1.29 is 14.3 Å². The minimum Gasteiger partial charge on any atom is -0.462 e. The molecule has 0 fully saturated rings. The van der Waals surface area contributed by atoms with Crippen molar-refractivity contribution in [2.24, 2.45) is 11.5 Å². The molecule has 0 heterocycles. The lowest BCUT2D eigenvalue weighted by Gasteiger charge is -2.19. The van der Waals surface area contributed by atoms with E-state index in [2.05, 4.69) is 0 Å². The van der Waals surface area contributed by atoms with Crippen LogP contribution in [0.4, 0.5) is 0 Å². The summed E-state index contributed by atoms with van der Waals surface area (Å²) < 4.78 is 4.97. The van der Waals surface area contributed by atoms with E-state index in [1.807, 2.05) is 13.8 Å². The first-order valence-electron chi connectivity index (χ1n) is 5.64. The number of nitrogens with two attached hydrogens (primary N) is 2. The summed E-state index contributed by atoms with van der Waals surface area (Å²) in [5.41, 5.74) is 11.0. The molecule has 100 valence electrons. The number of rotatable bonds is 7. The van der Waals surface area contributed by atoms with Gasteiger partial charge in [0.1, 0.15) is 6.04 Å². The minimum absolute atomic E-state index is 0.210. The maximum atomic E-state index is 11.5. The fourth-order valence-corrected chi connectivity index (χ4v) is 2.32. The van der Waals surface area contributed by atoms with Gasteiger partial charge in [-0.2, -0.15) is 0 Å². The summed E-state index contributed by atoms with van der Waals surface area (Å²) in [5, 5.41) is -0.203. The molecule has 0 aliphatic carbocycles. The first-order valence-corrected chi connectivity index (χ1v) is 6.59. The summed E-state index contributed by atoms with van der Waals surface area (Å²) in [6.45, 7) is 7.41. The molecule has 1 amide bonds. The van der Waals surface area contributed by atoms with E-state index in [0.717, 1.165) is 0 Å². The van der Waals surface area contributed by atoms with E-state index in [0.29, 0.717) is 0 Å². The van der Waals surface area contributed by atoms with Gasteiger partial charge in [-0.3, -0.25) is 9.59 Å². The Labute approximate surface area is 107 Å². The molecule has 6 heteroatoms. The van der Waals surface area contributed by atoms with Gasteiger partial charge in [-0.25, -0.2) is 0 Å². The van der Waals surface area contributed by atoms with E-state index < -0.39 is 23.2 Å². The molecule has 2 unspecified atom stereocenters. The average molecular weight is 262 g/mol. The zero-order chi connectivity index (χ0) is 13.6. The molecule has 0 radical (unpaired) electrons. The highest BCUT2D eigenvalue weighted by Crippen LogP contribution is 2.21. The van der Waals surface area contributed by atoms with Crippen molar-refractivity contribution in [3.63, 3.8) is 0 Å². The van der Waals surface area contributed by atoms with Gasteiger partial charge in [0.05, 0.1) is 11.4 Å². The highest BCUT2D eigenvalue weighted by molar-refractivity contribution is 8.01. The molecule has 0 bridgehead atoms. The van der Waals surface area contributed by atoms with Crippen LogP contribution in [0.15, 0.2) is 0 Å². The Morgan fingerprint density at radius 3 is 2.12 bits per heavy atom. The maximum absolute atomic E-state index is 11.5. The third-order valence-corrected chi connectivity index (χ3v) is 3.17. The van der Waals surface area contributed by atoms with Gasteiger partial charge < -0.3 is 16.2 Å². The summed E-state index contributed by atoms with van der Waals surface area (Å²) in [5.74, 6) is -0.938. The first kappa shape index (κ1) is 16.2. The summed E-state index contributed by atoms with van der Waals surface area (Å²) >= 11 is 1.41. The van der Waals surface area contributed by atoms with Crippen molar-refractivity contribution in [3.05, 3.63) is 0 Å². The molecule has 0 saturated heterocycles. The zero-order valence-corrected chi connectivity index (χ0v) is 11.6. The van der Waals surface area contributed by atoms with Crippen LogP contribution < -0.4 is 11.5 Å². The lowest BCUT2D eigenvalue weighted by molar-refractivity contribution is -0.149. The minimum atomic E-state index is -0.804. The molecule has 5 nitrogen and oxygen atoms in total. The number of ether oxygens (including phenoxy) is 1. The predicted octanol–water partition coefficient (Wildman–Crippen LogP) is 0.651. The van der Waals surface area contributed by atoms with Gasteiger partial charge >= 0.3 is 5.97 Å². The highest BCUT2D eigenvalue weighted by atomic mass is 32.2. The van der Waals surface area contributed by atoms with Crippen LogP contribution in [0.25, 0.3) is 0 Å². The SMILES string of the molecule is CC(C)OC(=O)C(N)CC(SC(C)C)C(N)=O. The summed E-state index contributed by atoms with van der Waals surface area (Å²) in [6, 6.07) is -0.804. The molecule has 0 rings (SSSR count). The third kappa shape index (κ3) is 7.23. The number of hydrogen-bond donors (Lipinski definition) is 2. The molecular formula is C11H22N2O3S. The van der Waals surface area contributed by atoms with Crippen molar-refractivity contribution in [3.8, 4) is 0 Å². The number of carbonyl (C=O) groups excluding carboxylic acids is 2. The van der Waals surface area contributed by atoms with Gasteiger partial charge in [0.15, 0.2) is 0 Å². The molecule has 0 aromatic heterocycles. The van der Waals surface area contributed by atoms with Gasteiger partial charge in [0.2, 0.25) is 5.91 Å². The maximum Gasteiger partial charge on any atom is 0.323 e. The second kappa shape index (κ2) is 7.55. The molecule has 0 aromatic rings. The van der Waals surface area contributed by atoms with Gasteiger partial charge in [-0.1, -0.05) is 13.8 Å². The van der Waals surface area contributed by atoms with E-state index in [1.54, 1.807) is 13.8 Å². The Hall–Kier alpha value is -0.750. The van der Waals surface area contributed by atoms with E-state index >= 15 is 0 Å². The van der Waals surface area contributed by atoms with E-state index in [1.165, 1.54) is 11.8 Å². The molecule has 0 saturated carbocycles. The predicted molar refractivity (Wildman–Crippen MR) is 69.5 cm³/mol. The van der Waals surface area contributed by atoms with Crippen LogP contribution in [0, 0.1) is 0 Å². The fourth-order valence-electron chi connectivity index (χ4n) is 1.21. The lowest BCUT2D eigenvalue weighted by Crippen LogP contribution is -2.40. The Morgan fingerprint density at radius 2 is 1.76 bits per heavy atom. The number of carbonyl (C=O) groups is 2. The van der Waals surface area contributed by atoms with Crippen LogP contribution in [-0.2, 0) is 14.3 Å². The number of hydrogen-bond acceptors (Lipinski definition) is 5. The van der Waals surface area contributed by atoms with Crippen molar-refractivity contribution in [1.29, 1.82) is 0 Å². The van der Waals surface area contributed by atoms with Crippen molar-refractivity contribution in [2.75, 3.05) is 0 Å². The number of amides is 1. The van der Waals surface area contributed by atoms with Gasteiger partial charge in [-0.15, -0.1) is 11.8 Å². The quantitative estimate of drug-likeness (QED) is 0.657. The largest absolute Gasteiger partial charge is 0.462 e.